The lowest BCUT2D eigenvalue weighted by Gasteiger charge is -2.36. The molecule has 0 unspecified atom stereocenters. The Hall–Kier alpha value is -4.18. The SMILES string of the molecule is COCCN(CC(=O)N1CCN(c2ccc(-c3cccc(OC)c3)nn2)CC1)C(=O)c1ccc(OC)cc1. The fourth-order valence-corrected chi connectivity index (χ4v) is 4.25. The molecule has 1 fully saturated rings. The molecule has 0 N–H and O–H groups in total. The maximum absolute atomic E-state index is 13.1. The van der Waals surface area contributed by atoms with E-state index in [1.807, 2.05) is 36.4 Å². The normalized spacial score (nSPS) is 13.2. The molecule has 10 heteroatoms. The largest absolute Gasteiger partial charge is 0.497 e. The summed E-state index contributed by atoms with van der Waals surface area (Å²) in [6.45, 7) is 2.98. The van der Waals surface area contributed by atoms with Gasteiger partial charge in [-0.15, -0.1) is 10.2 Å². The number of rotatable bonds is 10. The first-order chi connectivity index (χ1) is 18.5. The molecule has 0 spiro atoms. The molecule has 4 rings (SSSR count). The fraction of sp³-hybridized carbons (Fsp3) is 0.357. The summed E-state index contributed by atoms with van der Waals surface area (Å²) in [5, 5.41) is 8.80. The van der Waals surface area contributed by atoms with Gasteiger partial charge >= 0.3 is 0 Å². The zero-order valence-corrected chi connectivity index (χ0v) is 22.0. The number of methoxy groups -OCH3 is 3. The monoisotopic (exact) mass is 519 g/mol. The van der Waals surface area contributed by atoms with Crippen molar-refractivity contribution in [2.75, 3.05) is 72.1 Å². The average Bonchev–Trinajstić information content (AvgIpc) is 2.99. The Labute approximate surface area is 222 Å². The lowest BCUT2D eigenvalue weighted by Crippen LogP contribution is -2.52. The van der Waals surface area contributed by atoms with Crippen LogP contribution in [0.5, 0.6) is 11.5 Å². The van der Waals surface area contributed by atoms with Crippen molar-refractivity contribution in [2.45, 2.75) is 0 Å². The van der Waals surface area contributed by atoms with Crippen molar-refractivity contribution in [3.8, 4) is 22.8 Å². The van der Waals surface area contributed by atoms with Crippen molar-refractivity contribution < 1.29 is 23.8 Å². The summed E-state index contributed by atoms with van der Waals surface area (Å²) in [5.41, 5.74) is 2.19. The van der Waals surface area contributed by atoms with Gasteiger partial charge in [-0.25, -0.2) is 0 Å². The van der Waals surface area contributed by atoms with E-state index in [1.165, 1.54) is 4.90 Å². The molecular formula is C28H33N5O5. The molecule has 3 aromatic rings. The number of anilines is 1. The van der Waals surface area contributed by atoms with Gasteiger partial charge in [-0.1, -0.05) is 12.1 Å². The van der Waals surface area contributed by atoms with Crippen LogP contribution in [0.1, 0.15) is 10.4 Å². The topological polar surface area (TPSA) is 97.3 Å². The van der Waals surface area contributed by atoms with Gasteiger partial charge in [0.05, 0.1) is 26.5 Å². The molecule has 200 valence electrons. The van der Waals surface area contributed by atoms with E-state index in [-0.39, 0.29) is 18.4 Å². The third-order valence-corrected chi connectivity index (χ3v) is 6.49. The van der Waals surface area contributed by atoms with Crippen molar-refractivity contribution >= 4 is 17.6 Å². The number of benzene rings is 2. The second kappa shape index (κ2) is 12.9. The number of aromatic nitrogens is 2. The highest BCUT2D eigenvalue weighted by Crippen LogP contribution is 2.23. The van der Waals surface area contributed by atoms with Crippen molar-refractivity contribution in [3.63, 3.8) is 0 Å². The molecule has 1 aliphatic rings. The maximum atomic E-state index is 13.1. The van der Waals surface area contributed by atoms with E-state index in [2.05, 4.69) is 15.1 Å². The lowest BCUT2D eigenvalue weighted by atomic mass is 10.1. The highest BCUT2D eigenvalue weighted by molar-refractivity contribution is 5.96. The fourth-order valence-electron chi connectivity index (χ4n) is 4.25. The molecule has 1 aromatic heterocycles. The molecule has 2 heterocycles. The van der Waals surface area contributed by atoms with Crippen LogP contribution < -0.4 is 14.4 Å². The molecule has 0 bridgehead atoms. The van der Waals surface area contributed by atoms with E-state index in [1.54, 1.807) is 50.5 Å². The molecule has 0 radical (unpaired) electrons. The van der Waals surface area contributed by atoms with Crippen molar-refractivity contribution in [1.82, 2.24) is 20.0 Å². The van der Waals surface area contributed by atoms with Gasteiger partial charge in [0, 0.05) is 51.0 Å². The number of nitrogens with zero attached hydrogens (tertiary/aromatic N) is 5. The Kier molecular flexibility index (Phi) is 9.10. The van der Waals surface area contributed by atoms with E-state index in [0.29, 0.717) is 50.6 Å². The van der Waals surface area contributed by atoms with Crippen LogP contribution in [-0.2, 0) is 9.53 Å². The van der Waals surface area contributed by atoms with Crippen LogP contribution in [-0.4, -0.2) is 99.0 Å². The number of amides is 2. The Bertz CT molecular complexity index is 1210. The number of carbonyl (C=O) groups is 2. The van der Waals surface area contributed by atoms with E-state index in [9.17, 15) is 9.59 Å². The van der Waals surface area contributed by atoms with Gasteiger partial charge in [-0.2, -0.15) is 0 Å². The summed E-state index contributed by atoms with van der Waals surface area (Å²) in [4.78, 5) is 31.6. The van der Waals surface area contributed by atoms with E-state index in [4.69, 9.17) is 14.2 Å². The zero-order chi connectivity index (χ0) is 26.9. The first-order valence-electron chi connectivity index (χ1n) is 12.5. The quantitative estimate of drug-likeness (QED) is 0.403. The van der Waals surface area contributed by atoms with Gasteiger partial charge in [0.25, 0.3) is 5.91 Å². The minimum Gasteiger partial charge on any atom is -0.497 e. The third-order valence-electron chi connectivity index (χ3n) is 6.49. The van der Waals surface area contributed by atoms with Crippen molar-refractivity contribution in [1.29, 1.82) is 0 Å². The smallest absolute Gasteiger partial charge is 0.254 e. The molecule has 38 heavy (non-hydrogen) atoms. The first kappa shape index (κ1) is 26.9. The van der Waals surface area contributed by atoms with Crippen LogP contribution in [0.25, 0.3) is 11.3 Å². The van der Waals surface area contributed by atoms with Gasteiger partial charge < -0.3 is 28.9 Å². The highest BCUT2D eigenvalue weighted by atomic mass is 16.5. The predicted octanol–water partition coefficient (Wildman–Crippen LogP) is 2.60. The van der Waals surface area contributed by atoms with Gasteiger partial charge in [0.15, 0.2) is 5.82 Å². The van der Waals surface area contributed by atoms with Crippen LogP contribution in [0.3, 0.4) is 0 Å². The summed E-state index contributed by atoms with van der Waals surface area (Å²) in [5.74, 6) is 1.88. The van der Waals surface area contributed by atoms with Crippen LogP contribution in [0.2, 0.25) is 0 Å². The van der Waals surface area contributed by atoms with Gasteiger partial charge in [-0.05, 0) is 48.5 Å². The van der Waals surface area contributed by atoms with Crippen LogP contribution in [0.4, 0.5) is 5.82 Å². The summed E-state index contributed by atoms with van der Waals surface area (Å²) in [6.07, 6.45) is 0. The van der Waals surface area contributed by atoms with Gasteiger partial charge in [-0.3, -0.25) is 9.59 Å². The molecule has 0 atom stereocenters. The van der Waals surface area contributed by atoms with Crippen LogP contribution in [0.15, 0.2) is 60.7 Å². The minimum absolute atomic E-state index is 0.0107. The zero-order valence-electron chi connectivity index (χ0n) is 22.0. The highest BCUT2D eigenvalue weighted by Gasteiger charge is 2.26. The Morgan fingerprint density at radius 1 is 0.868 bits per heavy atom. The van der Waals surface area contributed by atoms with Crippen LogP contribution >= 0.6 is 0 Å². The molecule has 2 amide bonds. The summed E-state index contributed by atoms with van der Waals surface area (Å²) in [7, 11) is 4.78. The van der Waals surface area contributed by atoms with E-state index in [0.717, 1.165) is 22.8 Å². The molecular weight excluding hydrogens is 486 g/mol. The molecule has 0 saturated carbocycles. The number of carbonyl (C=O) groups excluding carboxylic acids is 2. The van der Waals surface area contributed by atoms with Gasteiger partial charge in [0.1, 0.15) is 18.0 Å². The van der Waals surface area contributed by atoms with E-state index < -0.39 is 0 Å². The molecule has 1 saturated heterocycles. The lowest BCUT2D eigenvalue weighted by molar-refractivity contribution is -0.132. The third kappa shape index (κ3) is 6.57. The van der Waals surface area contributed by atoms with Crippen LogP contribution in [0, 0.1) is 0 Å². The Balaban J connectivity index is 1.34. The molecule has 2 aromatic carbocycles. The summed E-state index contributed by atoms with van der Waals surface area (Å²) < 4.78 is 15.6. The maximum Gasteiger partial charge on any atom is 0.254 e. The molecule has 1 aliphatic heterocycles. The Morgan fingerprint density at radius 2 is 1.61 bits per heavy atom. The molecule has 10 nitrogen and oxygen atoms in total. The summed E-state index contributed by atoms with van der Waals surface area (Å²) >= 11 is 0. The second-order valence-electron chi connectivity index (χ2n) is 8.82. The molecule has 0 aliphatic carbocycles. The van der Waals surface area contributed by atoms with Crippen molar-refractivity contribution in [3.05, 3.63) is 66.2 Å². The van der Waals surface area contributed by atoms with E-state index >= 15 is 0 Å². The average molecular weight is 520 g/mol. The number of piperazine rings is 1. The number of ether oxygens (including phenoxy) is 3. The Morgan fingerprint density at radius 3 is 2.24 bits per heavy atom. The first-order valence-corrected chi connectivity index (χ1v) is 12.5. The second-order valence-corrected chi connectivity index (χ2v) is 8.82. The minimum atomic E-state index is -0.219. The number of hydrogen-bond donors (Lipinski definition) is 0. The standard InChI is InChI=1S/C28H33N5O5/c1-36-18-17-33(28(35)21-7-9-23(37-2)10-8-21)20-27(34)32-15-13-31(14-16-32)26-12-11-25(29-30-26)22-5-4-6-24(19-22)38-3/h4-12,19H,13-18,20H2,1-3H3. The summed E-state index contributed by atoms with van der Waals surface area (Å²) in [6, 6.07) is 18.4. The predicted molar refractivity (Wildman–Crippen MR) is 144 cm³/mol. The van der Waals surface area contributed by atoms with Crippen molar-refractivity contribution in [2.24, 2.45) is 0 Å². The number of hydrogen-bond acceptors (Lipinski definition) is 8. The van der Waals surface area contributed by atoms with Gasteiger partial charge in [0.2, 0.25) is 5.91 Å².